The molecule has 2 aliphatic heterocycles. The van der Waals surface area contributed by atoms with Crippen molar-refractivity contribution in [2.24, 2.45) is 16.9 Å². The summed E-state index contributed by atoms with van der Waals surface area (Å²) in [5.74, 6) is 0. The minimum absolute atomic E-state index is 0.215. The Morgan fingerprint density at radius 1 is 1.19 bits per heavy atom. The first kappa shape index (κ1) is 12.3. The van der Waals surface area contributed by atoms with Crippen LogP contribution in [0, 0.1) is 5.41 Å². The molecule has 2 aliphatic rings. The van der Waals surface area contributed by atoms with Crippen molar-refractivity contribution in [3.05, 3.63) is 0 Å². The quantitative estimate of drug-likeness (QED) is 0.718. The molecule has 94 valence electrons. The van der Waals surface area contributed by atoms with E-state index in [1.165, 1.54) is 12.8 Å². The van der Waals surface area contributed by atoms with Crippen LogP contribution in [0.25, 0.3) is 0 Å². The van der Waals surface area contributed by atoms with E-state index in [4.69, 9.17) is 16.2 Å². The SMILES string of the molecule is NCC1(CN)CCN(CC2CCCO2)CC1. The Kier molecular flexibility index (Phi) is 4.19. The van der Waals surface area contributed by atoms with Gasteiger partial charge >= 0.3 is 0 Å². The Bertz CT molecular complexity index is 202. The highest BCUT2D eigenvalue weighted by molar-refractivity contribution is 4.88. The average molecular weight is 227 g/mol. The lowest BCUT2D eigenvalue weighted by atomic mass is 9.78. The van der Waals surface area contributed by atoms with Crippen LogP contribution in [0.5, 0.6) is 0 Å². The van der Waals surface area contributed by atoms with Gasteiger partial charge in [-0.25, -0.2) is 0 Å². The van der Waals surface area contributed by atoms with E-state index in [0.717, 1.165) is 52.2 Å². The lowest BCUT2D eigenvalue weighted by Gasteiger charge is -2.41. The molecule has 1 unspecified atom stereocenters. The molecule has 16 heavy (non-hydrogen) atoms. The van der Waals surface area contributed by atoms with Crippen LogP contribution in [0.15, 0.2) is 0 Å². The smallest absolute Gasteiger partial charge is 0.0702 e. The first-order valence-electron chi connectivity index (χ1n) is 6.52. The third-order valence-electron chi connectivity index (χ3n) is 4.27. The third-order valence-corrected chi connectivity index (χ3v) is 4.27. The van der Waals surface area contributed by atoms with Crippen molar-refractivity contribution in [1.29, 1.82) is 0 Å². The summed E-state index contributed by atoms with van der Waals surface area (Å²) in [6.45, 7) is 5.79. The predicted octanol–water partition coefficient (Wildman–Crippen LogP) is 0.165. The molecule has 2 saturated heterocycles. The van der Waals surface area contributed by atoms with Crippen LogP contribution in [0.3, 0.4) is 0 Å². The zero-order valence-electron chi connectivity index (χ0n) is 10.2. The highest BCUT2D eigenvalue weighted by Crippen LogP contribution is 2.29. The van der Waals surface area contributed by atoms with Crippen LogP contribution in [0.2, 0.25) is 0 Å². The summed E-state index contributed by atoms with van der Waals surface area (Å²) < 4.78 is 5.67. The van der Waals surface area contributed by atoms with E-state index in [9.17, 15) is 0 Å². The second-order valence-electron chi connectivity index (χ2n) is 5.34. The van der Waals surface area contributed by atoms with Crippen LogP contribution in [0.1, 0.15) is 25.7 Å². The van der Waals surface area contributed by atoms with Crippen LogP contribution < -0.4 is 11.5 Å². The number of nitrogens with two attached hydrogens (primary N) is 2. The molecule has 1 atom stereocenters. The van der Waals surface area contributed by atoms with E-state index in [1.807, 2.05) is 0 Å². The summed E-state index contributed by atoms with van der Waals surface area (Å²) in [5, 5.41) is 0. The minimum Gasteiger partial charge on any atom is -0.377 e. The van der Waals surface area contributed by atoms with Gasteiger partial charge in [-0.2, -0.15) is 0 Å². The molecule has 2 fully saturated rings. The maximum Gasteiger partial charge on any atom is 0.0702 e. The summed E-state index contributed by atoms with van der Waals surface area (Å²) in [4.78, 5) is 2.51. The molecule has 0 aromatic carbocycles. The molecular weight excluding hydrogens is 202 g/mol. The van der Waals surface area contributed by atoms with Crippen molar-refractivity contribution in [3.8, 4) is 0 Å². The summed E-state index contributed by atoms with van der Waals surface area (Å²) in [7, 11) is 0. The highest BCUT2D eigenvalue weighted by atomic mass is 16.5. The highest BCUT2D eigenvalue weighted by Gasteiger charge is 2.33. The van der Waals surface area contributed by atoms with Crippen molar-refractivity contribution in [2.75, 3.05) is 39.3 Å². The molecule has 4 heteroatoms. The summed E-state index contributed by atoms with van der Waals surface area (Å²) >= 11 is 0. The van der Waals surface area contributed by atoms with Gasteiger partial charge in [0.1, 0.15) is 0 Å². The fourth-order valence-electron chi connectivity index (χ4n) is 2.78. The third kappa shape index (κ3) is 2.74. The van der Waals surface area contributed by atoms with E-state index in [-0.39, 0.29) is 5.41 Å². The second kappa shape index (κ2) is 5.45. The van der Waals surface area contributed by atoms with Gasteiger partial charge in [-0.15, -0.1) is 0 Å². The van der Waals surface area contributed by atoms with E-state index < -0.39 is 0 Å². The normalized spacial score (nSPS) is 30.8. The zero-order chi connectivity index (χ0) is 11.4. The van der Waals surface area contributed by atoms with Crippen molar-refractivity contribution >= 4 is 0 Å². The predicted molar refractivity (Wildman–Crippen MR) is 65.2 cm³/mol. The second-order valence-corrected chi connectivity index (χ2v) is 5.34. The van der Waals surface area contributed by atoms with Crippen LogP contribution >= 0.6 is 0 Å². The van der Waals surface area contributed by atoms with Gasteiger partial charge in [0.2, 0.25) is 0 Å². The number of ether oxygens (including phenoxy) is 1. The molecule has 2 heterocycles. The van der Waals surface area contributed by atoms with E-state index in [0.29, 0.717) is 6.10 Å². The molecular formula is C12H25N3O. The largest absolute Gasteiger partial charge is 0.377 e. The number of hydrogen-bond acceptors (Lipinski definition) is 4. The fraction of sp³-hybridized carbons (Fsp3) is 1.00. The summed E-state index contributed by atoms with van der Waals surface area (Å²) in [6.07, 6.45) is 5.23. The monoisotopic (exact) mass is 227 g/mol. The molecule has 0 spiro atoms. The van der Waals surface area contributed by atoms with E-state index in [2.05, 4.69) is 4.90 Å². The molecule has 4 N–H and O–H groups in total. The lowest BCUT2D eigenvalue weighted by molar-refractivity contribution is 0.0444. The van der Waals surface area contributed by atoms with Gasteiger partial charge in [-0.1, -0.05) is 0 Å². The zero-order valence-corrected chi connectivity index (χ0v) is 10.2. The van der Waals surface area contributed by atoms with Gasteiger partial charge in [0.15, 0.2) is 0 Å². The Balaban J connectivity index is 1.75. The Morgan fingerprint density at radius 2 is 1.88 bits per heavy atom. The molecule has 4 nitrogen and oxygen atoms in total. The first-order valence-corrected chi connectivity index (χ1v) is 6.52. The van der Waals surface area contributed by atoms with Gasteiger partial charge in [-0.3, -0.25) is 0 Å². The van der Waals surface area contributed by atoms with Gasteiger partial charge in [0, 0.05) is 13.2 Å². The van der Waals surface area contributed by atoms with Crippen LogP contribution in [0.4, 0.5) is 0 Å². The van der Waals surface area contributed by atoms with E-state index in [1.54, 1.807) is 0 Å². The van der Waals surface area contributed by atoms with Crippen molar-refractivity contribution in [2.45, 2.75) is 31.8 Å². The maximum atomic E-state index is 5.83. The van der Waals surface area contributed by atoms with Gasteiger partial charge in [0.05, 0.1) is 6.10 Å². The lowest BCUT2D eigenvalue weighted by Crippen LogP contribution is -2.49. The first-order chi connectivity index (χ1) is 7.78. The van der Waals surface area contributed by atoms with Gasteiger partial charge < -0.3 is 21.1 Å². The average Bonchev–Trinajstić information content (AvgIpc) is 2.83. The summed E-state index contributed by atoms with van der Waals surface area (Å²) in [5.41, 5.74) is 11.9. The Hall–Kier alpha value is -0.160. The molecule has 0 aromatic rings. The molecule has 0 aliphatic carbocycles. The molecule has 0 saturated carbocycles. The topological polar surface area (TPSA) is 64.5 Å². The molecule has 0 amide bonds. The van der Waals surface area contributed by atoms with Crippen LogP contribution in [-0.2, 0) is 4.74 Å². The number of piperidine rings is 1. The number of hydrogen-bond donors (Lipinski definition) is 2. The van der Waals surface area contributed by atoms with Gasteiger partial charge in [0.25, 0.3) is 0 Å². The van der Waals surface area contributed by atoms with Crippen molar-refractivity contribution in [1.82, 2.24) is 4.90 Å². The van der Waals surface area contributed by atoms with Gasteiger partial charge in [-0.05, 0) is 57.3 Å². The van der Waals surface area contributed by atoms with Crippen molar-refractivity contribution < 1.29 is 4.74 Å². The standard InChI is InChI=1S/C12H25N3O/c13-9-12(10-14)3-5-15(6-4-12)8-11-2-1-7-16-11/h11H,1-10,13-14H2. The number of likely N-dealkylation sites (tertiary alicyclic amines) is 1. The molecule has 0 radical (unpaired) electrons. The number of nitrogens with zero attached hydrogens (tertiary/aromatic N) is 1. The van der Waals surface area contributed by atoms with E-state index >= 15 is 0 Å². The Morgan fingerprint density at radius 3 is 2.38 bits per heavy atom. The minimum atomic E-state index is 0.215. The molecule has 2 rings (SSSR count). The molecule has 0 aromatic heterocycles. The van der Waals surface area contributed by atoms with Crippen molar-refractivity contribution in [3.63, 3.8) is 0 Å². The molecule has 0 bridgehead atoms. The Labute approximate surface area is 98.3 Å². The number of rotatable bonds is 4. The maximum absolute atomic E-state index is 5.83. The summed E-state index contributed by atoms with van der Waals surface area (Å²) in [6, 6.07) is 0. The fourth-order valence-corrected chi connectivity index (χ4v) is 2.78. The van der Waals surface area contributed by atoms with Crippen LogP contribution in [-0.4, -0.2) is 50.3 Å².